The van der Waals surface area contributed by atoms with Crippen molar-refractivity contribution in [3.63, 3.8) is 0 Å². The lowest BCUT2D eigenvalue weighted by atomic mass is 10.0. The third-order valence-corrected chi connectivity index (χ3v) is 2.75. The summed E-state index contributed by atoms with van der Waals surface area (Å²) in [7, 11) is 3.27. The van der Waals surface area contributed by atoms with Gasteiger partial charge in [0, 0.05) is 25.3 Å². The standard InChI is InChI=1S/C14H22O3/c1-4-5-6-11-7-12(9-16-2)14(15)13(8-11)10-17-3/h7-8,15H,4-6,9-10H2,1-3H3. The smallest absolute Gasteiger partial charge is 0.126 e. The van der Waals surface area contributed by atoms with E-state index in [2.05, 4.69) is 6.92 Å². The van der Waals surface area contributed by atoms with Crippen LogP contribution in [0.1, 0.15) is 36.5 Å². The maximum absolute atomic E-state index is 10.0. The molecule has 0 aromatic heterocycles. The minimum atomic E-state index is 0.300. The lowest BCUT2D eigenvalue weighted by Crippen LogP contribution is -1.98. The fourth-order valence-corrected chi connectivity index (χ4v) is 1.89. The monoisotopic (exact) mass is 238 g/mol. The van der Waals surface area contributed by atoms with Gasteiger partial charge in [0.25, 0.3) is 0 Å². The lowest BCUT2D eigenvalue weighted by molar-refractivity contribution is 0.174. The first kappa shape index (κ1) is 14.0. The van der Waals surface area contributed by atoms with Crippen molar-refractivity contribution in [2.24, 2.45) is 0 Å². The second-order valence-corrected chi connectivity index (χ2v) is 4.23. The molecular weight excluding hydrogens is 216 g/mol. The Morgan fingerprint density at radius 3 is 2.00 bits per heavy atom. The van der Waals surface area contributed by atoms with Gasteiger partial charge in [0.2, 0.25) is 0 Å². The number of aromatic hydroxyl groups is 1. The Balaban J connectivity index is 2.98. The molecular formula is C14H22O3. The number of methoxy groups -OCH3 is 2. The van der Waals surface area contributed by atoms with Crippen LogP contribution in [0.25, 0.3) is 0 Å². The van der Waals surface area contributed by atoms with Gasteiger partial charge in [0.1, 0.15) is 5.75 Å². The molecule has 1 aromatic rings. The Labute approximate surface area is 103 Å². The molecule has 1 aromatic carbocycles. The fraction of sp³-hybridized carbons (Fsp3) is 0.571. The van der Waals surface area contributed by atoms with Gasteiger partial charge in [-0.15, -0.1) is 0 Å². The average molecular weight is 238 g/mol. The number of hydrogen-bond acceptors (Lipinski definition) is 3. The molecule has 1 rings (SSSR count). The van der Waals surface area contributed by atoms with Crippen LogP contribution in [0.15, 0.2) is 12.1 Å². The SMILES string of the molecule is CCCCc1cc(COC)c(O)c(COC)c1. The molecule has 0 aliphatic heterocycles. The summed E-state index contributed by atoms with van der Waals surface area (Å²) in [6, 6.07) is 4.04. The van der Waals surface area contributed by atoms with Gasteiger partial charge in [-0.25, -0.2) is 0 Å². The third-order valence-electron chi connectivity index (χ3n) is 2.75. The van der Waals surface area contributed by atoms with Crippen molar-refractivity contribution in [3.8, 4) is 5.75 Å². The van der Waals surface area contributed by atoms with Crippen molar-refractivity contribution in [1.29, 1.82) is 0 Å². The maximum atomic E-state index is 10.0. The minimum Gasteiger partial charge on any atom is -0.507 e. The maximum Gasteiger partial charge on any atom is 0.126 e. The van der Waals surface area contributed by atoms with Gasteiger partial charge < -0.3 is 14.6 Å². The summed E-state index contributed by atoms with van der Waals surface area (Å²) >= 11 is 0. The number of hydrogen-bond donors (Lipinski definition) is 1. The highest BCUT2D eigenvalue weighted by atomic mass is 16.5. The average Bonchev–Trinajstić information content (AvgIpc) is 2.32. The molecule has 0 spiro atoms. The number of benzene rings is 1. The van der Waals surface area contributed by atoms with Gasteiger partial charge in [-0.1, -0.05) is 13.3 Å². The van der Waals surface area contributed by atoms with Crippen LogP contribution in [0.3, 0.4) is 0 Å². The summed E-state index contributed by atoms with van der Waals surface area (Å²) in [6.07, 6.45) is 3.36. The number of aryl methyl sites for hydroxylation is 1. The highest BCUT2D eigenvalue weighted by Gasteiger charge is 2.09. The van der Waals surface area contributed by atoms with E-state index in [4.69, 9.17) is 9.47 Å². The normalized spacial score (nSPS) is 10.8. The van der Waals surface area contributed by atoms with Crippen LogP contribution in [0.5, 0.6) is 5.75 Å². The van der Waals surface area contributed by atoms with Crippen molar-refractivity contribution < 1.29 is 14.6 Å². The molecule has 0 saturated carbocycles. The largest absolute Gasteiger partial charge is 0.507 e. The molecule has 0 atom stereocenters. The molecule has 17 heavy (non-hydrogen) atoms. The number of rotatable bonds is 7. The highest BCUT2D eigenvalue weighted by molar-refractivity contribution is 5.43. The molecule has 0 radical (unpaired) electrons. The van der Waals surface area contributed by atoms with E-state index in [9.17, 15) is 5.11 Å². The van der Waals surface area contributed by atoms with Crippen molar-refractivity contribution in [2.45, 2.75) is 39.4 Å². The Kier molecular flexibility index (Phi) is 6.01. The van der Waals surface area contributed by atoms with E-state index in [-0.39, 0.29) is 0 Å². The Morgan fingerprint density at radius 1 is 1.06 bits per heavy atom. The second kappa shape index (κ2) is 7.30. The molecule has 0 amide bonds. The zero-order valence-corrected chi connectivity index (χ0v) is 11.0. The van der Waals surface area contributed by atoms with Crippen LogP contribution < -0.4 is 0 Å². The summed E-state index contributed by atoms with van der Waals surface area (Å²) in [5.74, 6) is 0.300. The summed E-state index contributed by atoms with van der Waals surface area (Å²) in [6.45, 7) is 3.04. The van der Waals surface area contributed by atoms with Crippen molar-refractivity contribution >= 4 is 0 Å². The molecule has 0 heterocycles. The number of unbranched alkanes of at least 4 members (excludes halogenated alkanes) is 1. The van der Waals surface area contributed by atoms with Gasteiger partial charge in [-0.2, -0.15) is 0 Å². The Bertz CT molecular complexity index is 320. The molecule has 0 fully saturated rings. The third kappa shape index (κ3) is 4.02. The Morgan fingerprint density at radius 2 is 1.59 bits per heavy atom. The molecule has 3 heteroatoms. The zero-order chi connectivity index (χ0) is 12.7. The predicted molar refractivity (Wildman–Crippen MR) is 68.1 cm³/mol. The van der Waals surface area contributed by atoms with Gasteiger partial charge in [0.05, 0.1) is 13.2 Å². The van der Waals surface area contributed by atoms with Crippen LogP contribution >= 0.6 is 0 Å². The quantitative estimate of drug-likeness (QED) is 0.793. The van der Waals surface area contributed by atoms with Gasteiger partial charge in [0.15, 0.2) is 0 Å². The van der Waals surface area contributed by atoms with E-state index >= 15 is 0 Å². The topological polar surface area (TPSA) is 38.7 Å². The molecule has 0 bridgehead atoms. The summed E-state index contributed by atoms with van der Waals surface area (Å²) in [5.41, 5.74) is 2.92. The predicted octanol–water partition coefficient (Wildman–Crippen LogP) is 3.03. The minimum absolute atomic E-state index is 0.300. The molecule has 1 N–H and O–H groups in total. The first-order valence-corrected chi connectivity index (χ1v) is 6.04. The van der Waals surface area contributed by atoms with E-state index < -0.39 is 0 Å². The second-order valence-electron chi connectivity index (χ2n) is 4.23. The van der Waals surface area contributed by atoms with Crippen LogP contribution in [-0.2, 0) is 29.1 Å². The highest BCUT2D eigenvalue weighted by Crippen LogP contribution is 2.26. The van der Waals surface area contributed by atoms with Gasteiger partial charge >= 0.3 is 0 Å². The van der Waals surface area contributed by atoms with E-state index in [1.54, 1.807) is 14.2 Å². The molecule has 0 saturated heterocycles. The van der Waals surface area contributed by atoms with Crippen molar-refractivity contribution in [2.75, 3.05) is 14.2 Å². The van der Waals surface area contributed by atoms with E-state index in [1.807, 2.05) is 12.1 Å². The van der Waals surface area contributed by atoms with E-state index in [1.165, 1.54) is 12.0 Å². The summed E-state index contributed by atoms with van der Waals surface area (Å²) < 4.78 is 10.2. The van der Waals surface area contributed by atoms with Gasteiger partial charge in [-0.3, -0.25) is 0 Å². The van der Waals surface area contributed by atoms with Crippen molar-refractivity contribution in [3.05, 3.63) is 28.8 Å². The first-order valence-electron chi connectivity index (χ1n) is 6.04. The molecule has 0 aliphatic carbocycles. The van der Waals surface area contributed by atoms with Crippen LogP contribution in [-0.4, -0.2) is 19.3 Å². The summed E-state index contributed by atoms with van der Waals surface area (Å²) in [5, 5.41) is 10.0. The molecule has 0 unspecified atom stereocenters. The number of phenolic OH excluding ortho intramolecular Hbond substituents is 1. The van der Waals surface area contributed by atoms with Crippen LogP contribution in [0, 0.1) is 0 Å². The fourth-order valence-electron chi connectivity index (χ4n) is 1.89. The van der Waals surface area contributed by atoms with E-state index in [0.717, 1.165) is 24.0 Å². The number of phenols is 1. The van der Waals surface area contributed by atoms with Gasteiger partial charge in [-0.05, 0) is 30.5 Å². The molecule has 96 valence electrons. The first-order chi connectivity index (χ1) is 8.22. The zero-order valence-electron chi connectivity index (χ0n) is 11.0. The Hall–Kier alpha value is -1.06. The lowest BCUT2D eigenvalue weighted by Gasteiger charge is -2.12. The van der Waals surface area contributed by atoms with E-state index in [0.29, 0.717) is 19.0 Å². The molecule has 0 aliphatic rings. The van der Waals surface area contributed by atoms with Crippen molar-refractivity contribution in [1.82, 2.24) is 0 Å². The molecule has 3 nitrogen and oxygen atoms in total. The number of ether oxygens (including phenoxy) is 2. The van der Waals surface area contributed by atoms with Crippen LogP contribution in [0.2, 0.25) is 0 Å². The van der Waals surface area contributed by atoms with Crippen LogP contribution in [0.4, 0.5) is 0 Å². The summed E-state index contributed by atoms with van der Waals surface area (Å²) in [4.78, 5) is 0.